The summed E-state index contributed by atoms with van der Waals surface area (Å²) in [7, 11) is 0. The maximum Gasteiger partial charge on any atom is 0.271 e. The first-order valence-electron chi connectivity index (χ1n) is 9.07. The predicted octanol–water partition coefficient (Wildman–Crippen LogP) is 3.84. The molecule has 2 heterocycles. The molecular weight excluding hydrogens is 383 g/mol. The number of ether oxygens (including phenoxy) is 1. The number of hydrogen-bond donors (Lipinski definition) is 2. The van der Waals surface area contributed by atoms with Gasteiger partial charge < -0.3 is 19.7 Å². The molecule has 0 spiro atoms. The number of morpholine rings is 1. The number of aromatic amines is 1. The fourth-order valence-corrected chi connectivity index (χ4v) is 4.12. The number of rotatable bonds is 3. The Hall–Kier alpha value is -2.41. The third kappa shape index (κ3) is 3.07. The van der Waals surface area contributed by atoms with Crippen LogP contribution in [0.15, 0.2) is 42.5 Å². The standard InChI is InChI=1S/C21H20ClFN2O3/c1-12-13-6-4-8-16(23)19(13)24-18(12)21(27)25-9-10-28-17(11-26)20(25)14-5-2-3-7-15(14)22/h2-8,17,20,24,26H,9-11H2,1H3/t17-,20-/m0/s1. The summed E-state index contributed by atoms with van der Waals surface area (Å²) < 4.78 is 19.9. The van der Waals surface area contributed by atoms with E-state index < -0.39 is 18.0 Å². The first kappa shape index (κ1) is 18.9. The highest BCUT2D eigenvalue weighted by molar-refractivity contribution is 6.31. The average Bonchev–Trinajstić information content (AvgIpc) is 3.05. The number of carbonyl (C=O) groups excluding carboxylic acids is 1. The van der Waals surface area contributed by atoms with Gasteiger partial charge in [0.05, 0.1) is 24.8 Å². The van der Waals surface area contributed by atoms with Crippen molar-refractivity contribution >= 4 is 28.4 Å². The van der Waals surface area contributed by atoms with Crippen LogP contribution in [-0.4, -0.2) is 46.8 Å². The highest BCUT2D eigenvalue weighted by atomic mass is 35.5. The average molecular weight is 403 g/mol. The zero-order valence-corrected chi connectivity index (χ0v) is 16.0. The van der Waals surface area contributed by atoms with Crippen molar-refractivity contribution in [2.45, 2.75) is 19.1 Å². The summed E-state index contributed by atoms with van der Waals surface area (Å²) in [5.41, 5.74) is 2.03. The minimum Gasteiger partial charge on any atom is -0.394 e. The maximum absolute atomic E-state index is 14.2. The van der Waals surface area contributed by atoms with Crippen molar-refractivity contribution in [2.24, 2.45) is 0 Å². The van der Waals surface area contributed by atoms with E-state index in [0.717, 1.165) is 0 Å². The van der Waals surface area contributed by atoms with E-state index in [2.05, 4.69) is 4.98 Å². The fourth-order valence-electron chi connectivity index (χ4n) is 3.87. The van der Waals surface area contributed by atoms with E-state index in [1.54, 1.807) is 36.1 Å². The van der Waals surface area contributed by atoms with Gasteiger partial charge in [-0.1, -0.05) is 41.9 Å². The summed E-state index contributed by atoms with van der Waals surface area (Å²) in [4.78, 5) is 18.0. The third-order valence-electron chi connectivity index (χ3n) is 5.27. The van der Waals surface area contributed by atoms with Crippen molar-refractivity contribution in [3.63, 3.8) is 0 Å². The van der Waals surface area contributed by atoms with Crippen molar-refractivity contribution in [1.82, 2.24) is 9.88 Å². The Morgan fingerprint density at radius 1 is 1.32 bits per heavy atom. The van der Waals surface area contributed by atoms with Gasteiger partial charge in [0.15, 0.2) is 0 Å². The van der Waals surface area contributed by atoms with Crippen molar-refractivity contribution in [3.8, 4) is 0 Å². The van der Waals surface area contributed by atoms with Crippen LogP contribution >= 0.6 is 11.6 Å². The number of aliphatic hydroxyl groups is 1. The summed E-state index contributed by atoms with van der Waals surface area (Å²) in [6, 6.07) is 11.4. The van der Waals surface area contributed by atoms with Gasteiger partial charge in [-0.2, -0.15) is 0 Å². The number of fused-ring (bicyclic) bond motifs is 1. The molecule has 2 atom stereocenters. The smallest absolute Gasteiger partial charge is 0.271 e. The Balaban J connectivity index is 1.80. The van der Waals surface area contributed by atoms with Crippen LogP contribution in [0.4, 0.5) is 4.39 Å². The molecule has 0 saturated carbocycles. The molecule has 2 N–H and O–H groups in total. The van der Waals surface area contributed by atoms with E-state index in [9.17, 15) is 14.3 Å². The first-order chi connectivity index (χ1) is 13.5. The number of nitrogens with zero attached hydrogens (tertiary/aromatic N) is 1. The van der Waals surface area contributed by atoms with Gasteiger partial charge in [-0.25, -0.2) is 4.39 Å². The monoisotopic (exact) mass is 402 g/mol. The zero-order valence-electron chi connectivity index (χ0n) is 15.3. The van der Waals surface area contributed by atoms with Crippen molar-refractivity contribution < 1.29 is 19.0 Å². The second-order valence-electron chi connectivity index (χ2n) is 6.84. The SMILES string of the molecule is Cc1c(C(=O)N2CCO[C@@H](CO)[C@@H]2c2ccccc2Cl)[nH]c2c(F)cccc12. The predicted molar refractivity (Wildman–Crippen MR) is 105 cm³/mol. The molecule has 1 aliphatic rings. The van der Waals surface area contributed by atoms with Gasteiger partial charge in [0, 0.05) is 17.0 Å². The number of benzene rings is 2. The first-order valence-corrected chi connectivity index (χ1v) is 9.45. The highest BCUT2D eigenvalue weighted by Gasteiger charge is 2.38. The van der Waals surface area contributed by atoms with Crippen molar-refractivity contribution in [2.75, 3.05) is 19.8 Å². The molecule has 28 heavy (non-hydrogen) atoms. The topological polar surface area (TPSA) is 65.6 Å². The number of halogens is 2. The van der Waals surface area contributed by atoms with E-state index in [1.165, 1.54) is 6.07 Å². The third-order valence-corrected chi connectivity index (χ3v) is 5.62. The largest absolute Gasteiger partial charge is 0.394 e. The van der Waals surface area contributed by atoms with Gasteiger partial charge >= 0.3 is 0 Å². The molecule has 1 aromatic heterocycles. The summed E-state index contributed by atoms with van der Waals surface area (Å²) in [6.45, 7) is 2.17. The molecule has 0 bridgehead atoms. The minimum atomic E-state index is -0.598. The van der Waals surface area contributed by atoms with Gasteiger partial charge in [-0.15, -0.1) is 0 Å². The van der Waals surface area contributed by atoms with Crippen LogP contribution in [0.25, 0.3) is 10.9 Å². The molecule has 3 aromatic rings. The molecule has 0 radical (unpaired) electrons. The van der Waals surface area contributed by atoms with E-state index >= 15 is 0 Å². The molecule has 0 unspecified atom stereocenters. The van der Waals surface area contributed by atoms with Gasteiger partial charge in [-0.3, -0.25) is 4.79 Å². The van der Waals surface area contributed by atoms with E-state index in [-0.39, 0.29) is 12.5 Å². The van der Waals surface area contributed by atoms with Crippen LogP contribution in [0, 0.1) is 12.7 Å². The number of carbonyl (C=O) groups is 1. The molecule has 7 heteroatoms. The van der Waals surface area contributed by atoms with E-state index in [4.69, 9.17) is 16.3 Å². The summed E-state index contributed by atoms with van der Waals surface area (Å²) in [6.07, 6.45) is -0.598. The lowest BCUT2D eigenvalue weighted by Gasteiger charge is -2.41. The molecule has 146 valence electrons. The maximum atomic E-state index is 14.2. The molecule has 2 aromatic carbocycles. The Kier molecular flexibility index (Phi) is 5.10. The number of H-pyrrole nitrogens is 1. The van der Waals surface area contributed by atoms with Gasteiger partial charge in [-0.05, 0) is 30.2 Å². The van der Waals surface area contributed by atoms with Crippen LogP contribution < -0.4 is 0 Å². The lowest BCUT2D eigenvalue weighted by molar-refractivity contribution is -0.0812. The van der Waals surface area contributed by atoms with Crippen molar-refractivity contribution in [1.29, 1.82) is 0 Å². The quantitative estimate of drug-likeness (QED) is 0.699. The molecule has 1 amide bonds. The number of nitrogens with one attached hydrogen (secondary N) is 1. The number of aliphatic hydroxyl groups excluding tert-OH is 1. The van der Waals surface area contributed by atoms with E-state index in [0.29, 0.717) is 45.9 Å². The second-order valence-corrected chi connectivity index (χ2v) is 7.25. The van der Waals surface area contributed by atoms with Crippen molar-refractivity contribution in [3.05, 3.63) is 70.1 Å². The fraction of sp³-hybridized carbons (Fsp3) is 0.286. The molecule has 5 nitrogen and oxygen atoms in total. The molecule has 4 rings (SSSR count). The second kappa shape index (κ2) is 7.54. The van der Waals surface area contributed by atoms with Gasteiger partial charge in [0.1, 0.15) is 17.6 Å². The number of hydrogen-bond acceptors (Lipinski definition) is 3. The molecule has 0 aliphatic carbocycles. The minimum absolute atomic E-state index is 0.250. The number of amides is 1. The van der Waals surface area contributed by atoms with Crippen LogP contribution in [-0.2, 0) is 4.74 Å². The molecule has 1 fully saturated rings. The van der Waals surface area contributed by atoms with Crippen LogP contribution in [0.3, 0.4) is 0 Å². The molecule has 1 aliphatic heterocycles. The number of aromatic nitrogens is 1. The molecular formula is C21H20ClFN2O3. The molecule has 1 saturated heterocycles. The lowest BCUT2D eigenvalue weighted by atomic mass is 9.97. The summed E-state index contributed by atoms with van der Waals surface area (Å²) >= 11 is 6.38. The Bertz CT molecular complexity index is 1040. The van der Waals surface area contributed by atoms with E-state index in [1.807, 2.05) is 12.1 Å². The lowest BCUT2D eigenvalue weighted by Crippen LogP contribution is -2.49. The Morgan fingerprint density at radius 2 is 2.11 bits per heavy atom. The van der Waals surface area contributed by atoms with Crippen LogP contribution in [0.5, 0.6) is 0 Å². The summed E-state index contributed by atoms with van der Waals surface area (Å²) in [5, 5.41) is 11.0. The zero-order chi connectivity index (χ0) is 19.8. The number of para-hydroxylation sites is 1. The van der Waals surface area contributed by atoms with Gasteiger partial charge in [0.2, 0.25) is 0 Å². The van der Waals surface area contributed by atoms with Gasteiger partial charge in [0.25, 0.3) is 5.91 Å². The Labute approximate surface area is 166 Å². The van der Waals surface area contributed by atoms with Crippen LogP contribution in [0.1, 0.15) is 27.7 Å². The van der Waals surface area contributed by atoms with Crippen LogP contribution in [0.2, 0.25) is 5.02 Å². The summed E-state index contributed by atoms with van der Waals surface area (Å²) in [5.74, 6) is -0.683. The normalized spacial score (nSPS) is 19.9. The highest BCUT2D eigenvalue weighted by Crippen LogP contribution is 2.35. The Morgan fingerprint density at radius 3 is 2.82 bits per heavy atom. The number of aryl methyl sites for hydroxylation is 1.